The Balaban J connectivity index is 1.30. The van der Waals surface area contributed by atoms with E-state index in [0.29, 0.717) is 0 Å². The average molecular weight is 522 g/mol. The Morgan fingerprint density at radius 3 is 1.32 bits per heavy atom. The molecule has 0 N–H and O–H groups in total. The summed E-state index contributed by atoms with van der Waals surface area (Å²) in [5.41, 5.74) is 11.0. The van der Waals surface area contributed by atoms with E-state index in [1.807, 2.05) is 0 Å². The maximum absolute atomic E-state index is 2.40. The summed E-state index contributed by atoms with van der Waals surface area (Å²) in [5.74, 6) is 0. The number of rotatable bonds is 4. The lowest BCUT2D eigenvalue weighted by Crippen LogP contribution is -1.94. The molecule has 0 amide bonds. The third-order valence-corrected chi connectivity index (χ3v) is 8.19. The monoisotopic (exact) mass is 521 g/mol. The largest absolute Gasteiger partial charge is 0.309 e. The predicted octanol–water partition coefficient (Wildman–Crippen LogP) is 10.9. The van der Waals surface area contributed by atoms with Crippen LogP contribution in [0.2, 0.25) is 0 Å². The fraction of sp³-hybridized carbons (Fsp3) is 0. The van der Waals surface area contributed by atoms with Gasteiger partial charge in [-0.3, -0.25) is 0 Å². The van der Waals surface area contributed by atoms with Gasteiger partial charge in [-0.1, -0.05) is 121 Å². The molecule has 0 bridgehead atoms. The van der Waals surface area contributed by atoms with Crippen LogP contribution in [0.5, 0.6) is 0 Å². The summed E-state index contributed by atoms with van der Waals surface area (Å²) in [6.07, 6.45) is 0. The van der Waals surface area contributed by atoms with Gasteiger partial charge in [-0.05, 0) is 86.6 Å². The molecule has 0 aliphatic heterocycles. The van der Waals surface area contributed by atoms with E-state index in [2.05, 4.69) is 168 Å². The second-order valence-corrected chi connectivity index (χ2v) is 10.6. The van der Waals surface area contributed by atoms with Gasteiger partial charge in [0, 0.05) is 16.5 Å². The minimum atomic E-state index is 1.16. The molecule has 1 heterocycles. The number of fused-ring (bicyclic) bond motifs is 4. The molecule has 0 aliphatic rings. The quantitative estimate of drug-likeness (QED) is 0.217. The summed E-state index contributed by atoms with van der Waals surface area (Å²) >= 11 is 0. The molecule has 1 nitrogen and oxygen atoms in total. The molecule has 0 saturated heterocycles. The van der Waals surface area contributed by atoms with Gasteiger partial charge >= 0.3 is 0 Å². The van der Waals surface area contributed by atoms with Crippen LogP contribution in [0, 0.1) is 0 Å². The topological polar surface area (TPSA) is 4.93 Å². The van der Waals surface area contributed by atoms with Crippen LogP contribution in [-0.2, 0) is 0 Å². The second kappa shape index (κ2) is 9.66. The molecule has 8 rings (SSSR count). The number of benzene rings is 7. The predicted molar refractivity (Wildman–Crippen MR) is 175 cm³/mol. The molecule has 192 valence electrons. The molecule has 0 unspecified atom stereocenters. The van der Waals surface area contributed by atoms with E-state index in [0.717, 1.165) is 5.69 Å². The first-order valence-electron chi connectivity index (χ1n) is 14.1. The van der Waals surface area contributed by atoms with Crippen molar-refractivity contribution in [2.24, 2.45) is 0 Å². The highest BCUT2D eigenvalue weighted by molar-refractivity contribution is 6.11. The van der Waals surface area contributed by atoms with Crippen molar-refractivity contribution in [3.8, 4) is 39.1 Å². The van der Waals surface area contributed by atoms with Gasteiger partial charge in [0.2, 0.25) is 0 Å². The highest BCUT2D eigenvalue weighted by Crippen LogP contribution is 2.37. The first kappa shape index (κ1) is 23.5. The van der Waals surface area contributed by atoms with Gasteiger partial charge in [0.05, 0.1) is 11.0 Å². The fourth-order valence-corrected chi connectivity index (χ4v) is 6.09. The van der Waals surface area contributed by atoms with Crippen molar-refractivity contribution in [1.82, 2.24) is 4.57 Å². The number of hydrogen-bond donors (Lipinski definition) is 0. The molecule has 7 aromatic carbocycles. The molecule has 0 radical (unpaired) electrons. The van der Waals surface area contributed by atoms with Crippen molar-refractivity contribution < 1.29 is 0 Å². The van der Waals surface area contributed by atoms with Gasteiger partial charge in [0.25, 0.3) is 0 Å². The van der Waals surface area contributed by atoms with E-state index in [1.165, 1.54) is 66.0 Å². The zero-order valence-corrected chi connectivity index (χ0v) is 22.5. The second-order valence-electron chi connectivity index (χ2n) is 10.6. The molecule has 0 fully saturated rings. The van der Waals surface area contributed by atoms with E-state index in [4.69, 9.17) is 0 Å². The summed E-state index contributed by atoms with van der Waals surface area (Å²) in [4.78, 5) is 0. The minimum absolute atomic E-state index is 1.16. The van der Waals surface area contributed by atoms with Gasteiger partial charge in [0.15, 0.2) is 0 Å². The van der Waals surface area contributed by atoms with Crippen LogP contribution in [0.25, 0.3) is 71.6 Å². The van der Waals surface area contributed by atoms with Crippen LogP contribution in [-0.4, -0.2) is 4.57 Å². The summed E-state index contributed by atoms with van der Waals surface area (Å²) < 4.78 is 2.40. The zero-order chi connectivity index (χ0) is 27.2. The summed E-state index contributed by atoms with van der Waals surface area (Å²) in [6, 6.07) is 59.3. The Labute approximate surface area is 239 Å². The first-order chi connectivity index (χ1) is 20.3. The minimum Gasteiger partial charge on any atom is -0.309 e. The zero-order valence-electron chi connectivity index (χ0n) is 22.5. The first-order valence-corrected chi connectivity index (χ1v) is 14.1. The van der Waals surface area contributed by atoms with Crippen LogP contribution in [0.1, 0.15) is 0 Å². The Morgan fingerprint density at radius 1 is 0.293 bits per heavy atom. The Hall–Kier alpha value is -5.40. The van der Waals surface area contributed by atoms with Gasteiger partial charge in [-0.2, -0.15) is 0 Å². The van der Waals surface area contributed by atoms with Gasteiger partial charge in [-0.25, -0.2) is 0 Å². The molecule has 41 heavy (non-hydrogen) atoms. The van der Waals surface area contributed by atoms with Gasteiger partial charge in [0.1, 0.15) is 0 Å². The van der Waals surface area contributed by atoms with Crippen LogP contribution >= 0.6 is 0 Å². The smallest absolute Gasteiger partial charge is 0.0541 e. The summed E-state index contributed by atoms with van der Waals surface area (Å²) in [7, 11) is 0. The molecule has 1 heteroatoms. The molecular weight excluding hydrogens is 494 g/mol. The van der Waals surface area contributed by atoms with Crippen molar-refractivity contribution in [3.05, 3.63) is 164 Å². The lowest BCUT2D eigenvalue weighted by molar-refractivity contribution is 1.18. The van der Waals surface area contributed by atoms with Gasteiger partial charge in [-0.15, -0.1) is 0 Å². The Bertz CT molecular complexity index is 2070. The molecular formula is C40H27N. The maximum Gasteiger partial charge on any atom is 0.0541 e. The van der Waals surface area contributed by atoms with E-state index >= 15 is 0 Å². The summed E-state index contributed by atoms with van der Waals surface area (Å²) in [5, 5.41) is 5.05. The Kier molecular flexibility index (Phi) is 5.53. The van der Waals surface area contributed by atoms with Crippen LogP contribution in [0.15, 0.2) is 164 Å². The van der Waals surface area contributed by atoms with Crippen molar-refractivity contribution in [2.75, 3.05) is 0 Å². The van der Waals surface area contributed by atoms with Crippen molar-refractivity contribution in [2.45, 2.75) is 0 Å². The number of aromatic nitrogens is 1. The Morgan fingerprint density at radius 2 is 0.732 bits per heavy atom. The molecule has 8 aromatic rings. The molecule has 0 atom stereocenters. The number of hydrogen-bond acceptors (Lipinski definition) is 0. The number of nitrogens with zero attached hydrogens (tertiary/aromatic N) is 1. The summed E-state index contributed by atoms with van der Waals surface area (Å²) in [6.45, 7) is 0. The van der Waals surface area contributed by atoms with E-state index < -0.39 is 0 Å². The highest BCUT2D eigenvalue weighted by Gasteiger charge is 2.15. The van der Waals surface area contributed by atoms with Crippen molar-refractivity contribution in [3.63, 3.8) is 0 Å². The average Bonchev–Trinajstić information content (AvgIpc) is 3.38. The molecule has 0 spiro atoms. The fourth-order valence-electron chi connectivity index (χ4n) is 6.09. The maximum atomic E-state index is 2.40. The molecule has 0 aliphatic carbocycles. The van der Waals surface area contributed by atoms with Crippen molar-refractivity contribution in [1.29, 1.82) is 0 Å². The SMILES string of the molecule is c1ccc(-c2ccc3c(c2)c2cc(-c4ccccc4)ccc2n3-c2ccc(-c3ccc4ccccc4c3)cc2)cc1. The van der Waals surface area contributed by atoms with E-state index in [9.17, 15) is 0 Å². The van der Waals surface area contributed by atoms with Crippen molar-refractivity contribution >= 4 is 32.6 Å². The van der Waals surface area contributed by atoms with Crippen LogP contribution in [0.4, 0.5) is 0 Å². The normalized spacial score (nSPS) is 11.4. The molecule has 1 aromatic heterocycles. The third kappa shape index (κ3) is 4.11. The van der Waals surface area contributed by atoms with Crippen LogP contribution < -0.4 is 0 Å². The van der Waals surface area contributed by atoms with Gasteiger partial charge < -0.3 is 4.57 Å². The molecule has 0 saturated carbocycles. The van der Waals surface area contributed by atoms with E-state index in [-0.39, 0.29) is 0 Å². The highest BCUT2D eigenvalue weighted by atomic mass is 15.0. The lowest BCUT2D eigenvalue weighted by atomic mass is 10.0. The van der Waals surface area contributed by atoms with E-state index in [1.54, 1.807) is 0 Å². The third-order valence-electron chi connectivity index (χ3n) is 8.19. The lowest BCUT2D eigenvalue weighted by Gasteiger charge is -2.11. The standard InChI is InChI=1S/C40H27N/c1-3-9-28(10-4-1)34-19-23-39-37(26-34)38-27-35(29-11-5-2-6-12-29)20-24-40(38)41(39)36-21-17-31(18-22-36)33-16-15-30-13-7-8-14-32(30)25-33/h1-27H. The van der Waals surface area contributed by atoms with Crippen LogP contribution in [0.3, 0.4) is 0 Å².